The van der Waals surface area contributed by atoms with E-state index in [4.69, 9.17) is 0 Å². The van der Waals surface area contributed by atoms with Crippen LogP contribution in [0.3, 0.4) is 0 Å². The van der Waals surface area contributed by atoms with Crippen molar-refractivity contribution in [2.24, 2.45) is 5.41 Å². The Kier molecular flexibility index (Phi) is 4.24. The molecule has 1 aliphatic carbocycles. The molecule has 78 valence electrons. The molecule has 0 radical (unpaired) electrons. The van der Waals surface area contributed by atoms with Gasteiger partial charge in [-0.1, -0.05) is 40.0 Å². The molecule has 0 amide bonds. The van der Waals surface area contributed by atoms with Crippen LogP contribution in [0.5, 0.6) is 0 Å². The van der Waals surface area contributed by atoms with E-state index < -0.39 is 0 Å². The van der Waals surface area contributed by atoms with Crippen molar-refractivity contribution in [3.63, 3.8) is 0 Å². The van der Waals surface area contributed by atoms with Crippen LogP contribution in [-0.4, -0.2) is 12.6 Å². The highest BCUT2D eigenvalue weighted by Crippen LogP contribution is 2.35. The average Bonchev–Trinajstić information content (AvgIpc) is 2.08. The normalized spacial score (nSPS) is 27.5. The minimum absolute atomic E-state index is 0.534. The Balaban J connectivity index is 2.29. The standard InChI is InChI=1S/C12H25N/c1-4-5-10-13-11-8-6-7-9-12(11,2)3/h11,13H,4-10H2,1-3H3. The quantitative estimate of drug-likeness (QED) is 0.659. The van der Waals surface area contributed by atoms with Crippen LogP contribution in [0.25, 0.3) is 0 Å². The van der Waals surface area contributed by atoms with Crippen LogP contribution in [0.15, 0.2) is 0 Å². The van der Waals surface area contributed by atoms with Crippen LogP contribution >= 0.6 is 0 Å². The second kappa shape index (κ2) is 4.99. The summed E-state index contributed by atoms with van der Waals surface area (Å²) in [6, 6.07) is 0.771. The number of hydrogen-bond acceptors (Lipinski definition) is 1. The van der Waals surface area contributed by atoms with Gasteiger partial charge in [-0.15, -0.1) is 0 Å². The third-order valence-corrected chi connectivity index (χ3v) is 3.43. The summed E-state index contributed by atoms with van der Waals surface area (Å²) < 4.78 is 0. The molecule has 1 unspecified atom stereocenters. The fourth-order valence-electron chi connectivity index (χ4n) is 2.33. The number of rotatable bonds is 4. The first-order chi connectivity index (χ1) is 6.17. The number of nitrogens with one attached hydrogen (secondary N) is 1. The molecule has 0 spiro atoms. The van der Waals surface area contributed by atoms with Crippen molar-refractivity contribution in [1.29, 1.82) is 0 Å². The number of unbranched alkanes of at least 4 members (excludes halogenated alkanes) is 1. The average molecular weight is 183 g/mol. The summed E-state index contributed by atoms with van der Waals surface area (Å²) in [6.07, 6.45) is 8.27. The Hall–Kier alpha value is -0.0400. The molecule has 0 aromatic carbocycles. The molecule has 1 nitrogen and oxygen atoms in total. The van der Waals surface area contributed by atoms with Gasteiger partial charge in [-0.05, 0) is 31.2 Å². The van der Waals surface area contributed by atoms with Crippen molar-refractivity contribution in [3.8, 4) is 0 Å². The van der Waals surface area contributed by atoms with Crippen LogP contribution in [0.1, 0.15) is 59.3 Å². The molecule has 0 aliphatic heterocycles. The maximum atomic E-state index is 3.71. The second-order valence-corrected chi connectivity index (χ2v) is 5.09. The van der Waals surface area contributed by atoms with Crippen LogP contribution < -0.4 is 5.32 Å². The predicted octanol–water partition coefficient (Wildman–Crippen LogP) is 3.34. The smallest absolute Gasteiger partial charge is 0.0118 e. The van der Waals surface area contributed by atoms with Gasteiger partial charge in [0.2, 0.25) is 0 Å². The second-order valence-electron chi connectivity index (χ2n) is 5.09. The van der Waals surface area contributed by atoms with Crippen LogP contribution in [-0.2, 0) is 0 Å². The Labute approximate surface area is 83.3 Å². The summed E-state index contributed by atoms with van der Waals surface area (Å²) in [4.78, 5) is 0. The Morgan fingerprint density at radius 1 is 1.31 bits per heavy atom. The first kappa shape index (κ1) is 11.0. The summed E-state index contributed by atoms with van der Waals surface area (Å²) in [7, 11) is 0. The highest BCUT2D eigenvalue weighted by molar-refractivity contribution is 4.87. The van der Waals surface area contributed by atoms with E-state index in [0.29, 0.717) is 5.41 Å². The zero-order valence-corrected chi connectivity index (χ0v) is 9.53. The molecular weight excluding hydrogens is 158 g/mol. The monoisotopic (exact) mass is 183 g/mol. The largest absolute Gasteiger partial charge is 0.313 e. The number of hydrogen-bond donors (Lipinski definition) is 1. The molecule has 0 saturated heterocycles. The summed E-state index contributed by atoms with van der Waals surface area (Å²) in [5.41, 5.74) is 0.534. The van der Waals surface area contributed by atoms with E-state index in [1.54, 1.807) is 0 Å². The Morgan fingerprint density at radius 3 is 2.69 bits per heavy atom. The van der Waals surface area contributed by atoms with Gasteiger partial charge in [-0.2, -0.15) is 0 Å². The summed E-state index contributed by atoms with van der Waals surface area (Å²) >= 11 is 0. The highest BCUT2D eigenvalue weighted by atomic mass is 14.9. The first-order valence-electron chi connectivity index (χ1n) is 5.90. The first-order valence-corrected chi connectivity index (χ1v) is 5.90. The zero-order valence-electron chi connectivity index (χ0n) is 9.53. The molecular formula is C12H25N. The minimum atomic E-state index is 0.534. The maximum Gasteiger partial charge on any atom is 0.0118 e. The molecule has 0 aromatic heterocycles. The molecule has 0 heterocycles. The van der Waals surface area contributed by atoms with Gasteiger partial charge in [-0.25, -0.2) is 0 Å². The van der Waals surface area contributed by atoms with Gasteiger partial charge in [0.15, 0.2) is 0 Å². The van der Waals surface area contributed by atoms with Crippen LogP contribution in [0.2, 0.25) is 0 Å². The van der Waals surface area contributed by atoms with E-state index in [0.717, 1.165) is 6.04 Å². The minimum Gasteiger partial charge on any atom is -0.313 e. The lowest BCUT2D eigenvalue weighted by molar-refractivity contribution is 0.168. The molecule has 1 fully saturated rings. The molecule has 1 rings (SSSR count). The summed E-state index contributed by atoms with van der Waals surface area (Å²) in [5.74, 6) is 0. The molecule has 0 aromatic rings. The molecule has 1 atom stereocenters. The van der Waals surface area contributed by atoms with Crippen molar-refractivity contribution in [2.45, 2.75) is 65.3 Å². The fourth-order valence-corrected chi connectivity index (χ4v) is 2.33. The highest BCUT2D eigenvalue weighted by Gasteiger charge is 2.31. The third-order valence-electron chi connectivity index (χ3n) is 3.43. The Bertz CT molecular complexity index is 140. The van der Waals surface area contributed by atoms with Gasteiger partial charge in [0.1, 0.15) is 0 Å². The predicted molar refractivity (Wildman–Crippen MR) is 58.9 cm³/mol. The van der Waals surface area contributed by atoms with Crippen molar-refractivity contribution in [1.82, 2.24) is 5.32 Å². The third kappa shape index (κ3) is 3.30. The van der Waals surface area contributed by atoms with Gasteiger partial charge in [-0.3, -0.25) is 0 Å². The van der Waals surface area contributed by atoms with Crippen molar-refractivity contribution < 1.29 is 0 Å². The van der Waals surface area contributed by atoms with Crippen molar-refractivity contribution in [3.05, 3.63) is 0 Å². The SMILES string of the molecule is CCCCNC1CCCCC1(C)C. The van der Waals surface area contributed by atoms with Crippen molar-refractivity contribution in [2.75, 3.05) is 6.54 Å². The van der Waals surface area contributed by atoms with Gasteiger partial charge < -0.3 is 5.32 Å². The van der Waals surface area contributed by atoms with Crippen LogP contribution in [0, 0.1) is 5.41 Å². The van der Waals surface area contributed by atoms with Crippen molar-refractivity contribution >= 4 is 0 Å². The molecule has 1 saturated carbocycles. The molecule has 1 N–H and O–H groups in total. The van der Waals surface area contributed by atoms with Gasteiger partial charge in [0, 0.05) is 6.04 Å². The van der Waals surface area contributed by atoms with Gasteiger partial charge in [0.25, 0.3) is 0 Å². The van der Waals surface area contributed by atoms with E-state index in [-0.39, 0.29) is 0 Å². The summed E-state index contributed by atoms with van der Waals surface area (Å²) in [5, 5.41) is 3.71. The van der Waals surface area contributed by atoms with Crippen LogP contribution in [0.4, 0.5) is 0 Å². The van der Waals surface area contributed by atoms with E-state index in [1.807, 2.05) is 0 Å². The lowest BCUT2D eigenvalue weighted by Crippen LogP contribution is -2.44. The topological polar surface area (TPSA) is 12.0 Å². The Morgan fingerprint density at radius 2 is 2.08 bits per heavy atom. The van der Waals surface area contributed by atoms with E-state index >= 15 is 0 Å². The lowest BCUT2D eigenvalue weighted by Gasteiger charge is -2.39. The summed E-state index contributed by atoms with van der Waals surface area (Å²) in [6.45, 7) is 8.30. The van der Waals surface area contributed by atoms with E-state index in [9.17, 15) is 0 Å². The molecule has 13 heavy (non-hydrogen) atoms. The van der Waals surface area contributed by atoms with E-state index in [2.05, 4.69) is 26.1 Å². The molecule has 1 aliphatic rings. The zero-order chi connectivity index (χ0) is 9.73. The molecule has 1 heteroatoms. The van der Waals surface area contributed by atoms with E-state index in [1.165, 1.54) is 45.1 Å². The molecule has 0 bridgehead atoms. The fraction of sp³-hybridized carbons (Fsp3) is 1.00. The van der Waals surface area contributed by atoms with Gasteiger partial charge in [0.05, 0.1) is 0 Å². The maximum absolute atomic E-state index is 3.71. The lowest BCUT2D eigenvalue weighted by atomic mass is 9.73. The van der Waals surface area contributed by atoms with Gasteiger partial charge >= 0.3 is 0 Å².